The van der Waals surface area contributed by atoms with E-state index in [4.69, 9.17) is 18.0 Å². The number of benzene rings is 1. The average molecular weight is 395 g/mol. The number of unbranched alkanes of at least 4 members (excludes halogenated alkanes) is 1. The molecule has 1 aliphatic carbocycles. The van der Waals surface area contributed by atoms with Crippen molar-refractivity contribution < 1.29 is 18.0 Å². The van der Waals surface area contributed by atoms with Crippen LogP contribution in [0.4, 0.5) is 0 Å². The smallest absolute Gasteiger partial charge is 0.494 e. The fraction of sp³-hybridized carbons (Fsp3) is 0.727. The number of hydrogen-bond donors (Lipinski definition) is 0. The third-order valence-electron chi connectivity index (χ3n) is 5.97. The Morgan fingerprint density at radius 3 is 2.07 bits per heavy atom. The highest BCUT2D eigenvalue weighted by Gasteiger charge is 2.36. The Morgan fingerprint density at radius 1 is 0.889 bits per heavy atom. The molecule has 0 N–H and O–H groups in total. The zero-order valence-corrected chi connectivity index (χ0v) is 18.7. The van der Waals surface area contributed by atoms with Crippen molar-refractivity contribution in [2.75, 3.05) is 27.9 Å². The first-order valence-corrected chi connectivity index (χ1v) is 12.5. The van der Waals surface area contributed by atoms with Gasteiger partial charge in [-0.15, -0.1) is 0 Å². The first-order valence-electron chi connectivity index (χ1n) is 10.5. The first-order chi connectivity index (χ1) is 13.2. The van der Waals surface area contributed by atoms with Gasteiger partial charge in [0.15, 0.2) is 0 Å². The Balaban J connectivity index is 1.69. The summed E-state index contributed by atoms with van der Waals surface area (Å²) in [5.74, 6) is 2.67. The van der Waals surface area contributed by atoms with E-state index in [2.05, 4.69) is 31.2 Å². The molecule has 0 aliphatic heterocycles. The molecule has 0 spiro atoms. The van der Waals surface area contributed by atoms with Gasteiger partial charge in [-0.3, -0.25) is 0 Å². The van der Waals surface area contributed by atoms with E-state index in [0.717, 1.165) is 36.5 Å². The predicted molar refractivity (Wildman–Crippen MR) is 112 cm³/mol. The van der Waals surface area contributed by atoms with Crippen LogP contribution in [0.5, 0.6) is 5.75 Å². The average Bonchev–Trinajstić information content (AvgIpc) is 2.72. The number of hydrogen-bond acceptors (Lipinski definition) is 4. The molecule has 2 rings (SSSR count). The van der Waals surface area contributed by atoms with Gasteiger partial charge in [-0.2, -0.15) is 0 Å². The van der Waals surface area contributed by atoms with Crippen LogP contribution >= 0.6 is 0 Å². The summed E-state index contributed by atoms with van der Waals surface area (Å²) in [5.41, 5.74) is 1.48. The second-order valence-corrected chi connectivity index (χ2v) is 10.8. The SMILES string of the molecule is CCC[C@H]1CC[C@H](c2ccc(OCCCC[Si](OC)(OC)OC)cc2)CC1. The minimum Gasteiger partial charge on any atom is -0.494 e. The van der Waals surface area contributed by atoms with Crippen molar-refractivity contribution in [1.82, 2.24) is 0 Å². The molecule has 1 aliphatic rings. The Kier molecular flexibility index (Phi) is 9.83. The minimum absolute atomic E-state index is 0.711. The molecule has 1 saturated carbocycles. The highest BCUT2D eigenvalue weighted by atomic mass is 28.4. The Labute approximate surface area is 166 Å². The summed E-state index contributed by atoms with van der Waals surface area (Å²) in [5, 5.41) is 0. The Hall–Kier alpha value is -0.883. The Morgan fingerprint density at radius 2 is 1.52 bits per heavy atom. The van der Waals surface area contributed by atoms with E-state index in [0.29, 0.717) is 6.61 Å². The van der Waals surface area contributed by atoms with Gasteiger partial charge in [0.1, 0.15) is 5.75 Å². The van der Waals surface area contributed by atoms with E-state index in [-0.39, 0.29) is 0 Å². The van der Waals surface area contributed by atoms with Gasteiger partial charge in [0.2, 0.25) is 0 Å². The molecule has 0 heterocycles. The fourth-order valence-electron chi connectivity index (χ4n) is 4.22. The van der Waals surface area contributed by atoms with Crippen LogP contribution in [0.15, 0.2) is 24.3 Å². The van der Waals surface area contributed by atoms with Crippen LogP contribution in [0.2, 0.25) is 6.04 Å². The summed E-state index contributed by atoms with van der Waals surface area (Å²) in [6.45, 7) is 3.01. The molecule has 0 saturated heterocycles. The molecule has 0 amide bonds. The fourth-order valence-corrected chi connectivity index (χ4v) is 6.01. The maximum absolute atomic E-state index is 5.91. The molecular formula is C22H38O4Si. The van der Waals surface area contributed by atoms with Gasteiger partial charge in [-0.05, 0) is 68.1 Å². The van der Waals surface area contributed by atoms with Crippen molar-refractivity contribution >= 4 is 8.80 Å². The van der Waals surface area contributed by atoms with Gasteiger partial charge in [-0.25, -0.2) is 0 Å². The largest absolute Gasteiger partial charge is 0.500 e. The van der Waals surface area contributed by atoms with E-state index < -0.39 is 8.80 Å². The molecule has 1 aromatic rings. The standard InChI is InChI=1S/C22H38O4Si/c1-5-8-19-9-11-20(12-10-19)21-13-15-22(16-14-21)26-17-6-7-18-27(23-2,24-3)25-4/h13-16,19-20H,5-12,17-18H2,1-4H3/t19-,20-. The highest BCUT2D eigenvalue weighted by molar-refractivity contribution is 6.60. The quantitative estimate of drug-likeness (QED) is 0.332. The zero-order valence-electron chi connectivity index (χ0n) is 17.7. The molecule has 154 valence electrons. The van der Waals surface area contributed by atoms with Gasteiger partial charge in [0.25, 0.3) is 0 Å². The Bertz CT molecular complexity index is 499. The molecule has 0 atom stereocenters. The topological polar surface area (TPSA) is 36.9 Å². The lowest BCUT2D eigenvalue weighted by molar-refractivity contribution is 0.122. The molecule has 1 aromatic carbocycles. The lowest BCUT2D eigenvalue weighted by Gasteiger charge is -2.28. The molecule has 0 unspecified atom stereocenters. The van der Waals surface area contributed by atoms with Crippen LogP contribution < -0.4 is 4.74 Å². The molecule has 1 fully saturated rings. The molecular weight excluding hydrogens is 356 g/mol. The monoisotopic (exact) mass is 394 g/mol. The maximum atomic E-state index is 5.91. The lowest BCUT2D eigenvalue weighted by atomic mass is 9.77. The summed E-state index contributed by atoms with van der Waals surface area (Å²) in [6.07, 6.45) is 10.1. The summed E-state index contributed by atoms with van der Waals surface area (Å²) in [7, 11) is 2.54. The zero-order chi connectivity index (χ0) is 19.5. The maximum Gasteiger partial charge on any atom is 0.500 e. The van der Waals surface area contributed by atoms with Gasteiger partial charge < -0.3 is 18.0 Å². The highest BCUT2D eigenvalue weighted by Crippen LogP contribution is 2.37. The van der Waals surface area contributed by atoms with Crippen LogP contribution in [0.25, 0.3) is 0 Å². The first kappa shape index (κ1) is 22.4. The van der Waals surface area contributed by atoms with Crippen LogP contribution in [-0.4, -0.2) is 36.7 Å². The number of rotatable bonds is 12. The molecule has 0 radical (unpaired) electrons. The second kappa shape index (κ2) is 11.8. The normalized spacial score (nSPS) is 20.6. The van der Waals surface area contributed by atoms with Crippen molar-refractivity contribution in [3.8, 4) is 5.75 Å². The summed E-state index contributed by atoms with van der Waals surface area (Å²) < 4.78 is 22.2. The molecule has 0 aromatic heterocycles. The van der Waals surface area contributed by atoms with E-state index in [1.165, 1.54) is 44.1 Å². The third-order valence-corrected chi connectivity index (χ3v) is 8.81. The molecule has 0 bridgehead atoms. The van der Waals surface area contributed by atoms with Gasteiger partial charge in [0, 0.05) is 27.4 Å². The van der Waals surface area contributed by atoms with E-state index in [9.17, 15) is 0 Å². The van der Waals surface area contributed by atoms with Crippen molar-refractivity contribution in [3.05, 3.63) is 29.8 Å². The van der Waals surface area contributed by atoms with Crippen molar-refractivity contribution in [1.29, 1.82) is 0 Å². The summed E-state index contributed by atoms with van der Waals surface area (Å²) in [4.78, 5) is 0. The molecule has 27 heavy (non-hydrogen) atoms. The van der Waals surface area contributed by atoms with Crippen molar-refractivity contribution in [2.45, 2.75) is 70.3 Å². The lowest BCUT2D eigenvalue weighted by Crippen LogP contribution is -2.42. The summed E-state index contributed by atoms with van der Waals surface area (Å²) >= 11 is 0. The minimum atomic E-state index is -2.44. The van der Waals surface area contributed by atoms with Gasteiger partial charge >= 0.3 is 8.80 Å². The van der Waals surface area contributed by atoms with Crippen LogP contribution in [0.3, 0.4) is 0 Å². The summed E-state index contributed by atoms with van der Waals surface area (Å²) in [6, 6.07) is 9.61. The van der Waals surface area contributed by atoms with E-state index in [1.807, 2.05) is 0 Å². The van der Waals surface area contributed by atoms with Crippen LogP contribution in [0, 0.1) is 5.92 Å². The molecule has 5 heteroatoms. The van der Waals surface area contributed by atoms with Crippen molar-refractivity contribution in [2.24, 2.45) is 5.92 Å². The number of ether oxygens (including phenoxy) is 1. The van der Waals surface area contributed by atoms with Crippen LogP contribution in [-0.2, 0) is 13.3 Å². The second-order valence-electron chi connectivity index (χ2n) is 7.68. The van der Waals surface area contributed by atoms with Crippen LogP contribution in [0.1, 0.15) is 69.8 Å². The van der Waals surface area contributed by atoms with Crippen molar-refractivity contribution in [3.63, 3.8) is 0 Å². The molecule has 4 nitrogen and oxygen atoms in total. The predicted octanol–water partition coefficient (Wildman–Crippen LogP) is 5.80. The van der Waals surface area contributed by atoms with Gasteiger partial charge in [0.05, 0.1) is 6.61 Å². The third kappa shape index (κ3) is 6.90. The van der Waals surface area contributed by atoms with Gasteiger partial charge in [-0.1, -0.05) is 31.9 Å². The van der Waals surface area contributed by atoms with E-state index >= 15 is 0 Å². The van der Waals surface area contributed by atoms with E-state index in [1.54, 1.807) is 21.3 Å².